The van der Waals surface area contributed by atoms with Crippen molar-refractivity contribution in [3.8, 4) is 5.75 Å². The molecule has 1 aliphatic carbocycles. The van der Waals surface area contributed by atoms with E-state index in [1.807, 2.05) is 0 Å². The summed E-state index contributed by atoms with van der Waals surface area (Å²) in [6, 6.07) is 3.36. The van der Waals surface area contributed by atoms with Gasteiger partial charge in [0.25, 0.3) is 0 Å². The third-order valence-electron chi connectivity index (χ3n) is 4.56. The molecule has 0 bridgehead atoms. The number of rotatable bonds is 2. The van der Waals surface area contributed by atoms with Crippen LogP contribution in [0.5, 0.6) is 5.75 Å². The van der Waals surface area contributed by atoms with Crippen LogP contribution in [0.2, 0.25) is 10.0 Å². The van der Waals surface area contributed by atoms with Gasteiger partial charge in [0.2, 0.25) is 0 Å². The summed E-state index contributed by atoms with van der Waals surface area (Å²) in [5, 5.41) is 0.928. The largest absolute Gasteiger partial charge is 0.488 e. The minimum atomic E-state index is 0.0200. The summed E-state index contributed by atoms with van der Waals surface area (Å²) in [5.41, 5.74) is 6.53. The smallest absolute Gasteiger partial charge is 0.144 e. The van der Waals surface area contributed by atoms with Gasteiger partial charge in [-0.2, -0.15) is 0 Å². The molecule has 2 aliphatic rings. The summed E-state index contributed by atoms with van der Waals surface area (Å²) in [5.74, 6) is 0.627. The summed E-state index contributed by atoms with van der Waals surface area (Å²) in [6.07, 6.45) is 8.07. The Labute approximate surface area is 135 Å². The molecule has 1 aromatic carbocycles. The molecule has 1 aromatic rings. The summed E-state index contributed by atoms with van der Waals surface area (Å²) < 4.78 is 12.2. The fraction of sp³-hybridized carbons (Fsp3) is 0.625. The topological polar surface area (TPSA) is 44.5 Å². The maximum absolute atomic E-state index is 6.10. The highest BCUT2D eigenvalue weighted by molar-refractivity contribution is 6.42. The van der Waals surface area contributed by atoms with Gasteiger partial charge in [-0.1, -0.05) is 42.5 Å². The van der Waals surface area contributed by atoms with Gasteiger partial charge in [0.1, 0.15) is 11.9 Å². The monoisotopic (exact) mass is 329 g/mol. The molecule has 1 unspecified atom stereocenters. The second-order valence-corrected chi connectivity index (χ2v) is 6.94. The Morgan fingerprint density at radius 2 is 1.86 bits per heavy atom. The van der Waals surface area contributed by atoms with E-state index in [1.54, 1.807) is 12.1 Å². The lowest BCUT2D eigenvalue weighted by molar-refractivity contribution is -0.129. The second kappa shape index (κ2) is 6.23. The number of benzene rings is 1. The summed E-state index contributed by atoms with van der Waals surface area (Å²) in [6.45, 7) is 0.756. The quantitative estimate of drug-likeness (QED) is 0.790. The molecule has 1 heterocycles. The molecule has 21 heavy (non-hydrogen) atoms. The Morgan fingerprint density at radius 1 is 1.14 bits per heavy atom. The lowest BCUT2D eigenvalue weighted by Crippen LogP contribution is -2.45. The Balaban J connectivity index is 1.71. The minimum absolute atomic E-state index is 0.0200. The van der Waals surface area contributed by atoms with Crippen LogP contribution in [0.4, 0.5) is 5.69 Å². The number of hydrogen-bond acceptors (Lipinski definition) is 3. The predicted octanol–water partition coefficient (Wildman–Crippen LogP) is 4.84. The van der Waals surface area contributed by atoms with Crippen molar-refractivity contribution in [2.75, 3.05) is 12.3 Å². The second-order valence-electron chi connectivity index (χ2n) is 6.13. The van der Waals surface area contributed by atoms with E-state index in [0.717, 1.165) is 32.3 Å². The first-order valence-electron chi connectivity index (χ1n) is 7.63. The molecule has 0 radical (unpaired) electrons. The molecule has 1 aliphatic heterocycles. The van der Waals surface area contributed by atoms with E-state index in [2.05, 4.69) is 0 Å². The van der Waals surface area contributed by atoms with E-state index >= 15 is 0 Å². The molecule has 1 saturated heterocycles. The molecule has 5 heteroatoms. The van der Waals surface area contributed by atoms with Gasteiger partial charge in [-0.3, -0.25) is 0 Å². The van der Waals surface area contributed by atoms with Crippen LogP contribution >= 0.6 is 23.2 Å². The van der Waals surface area contributed by atoms with Gasteiger partial charge in [0.15, 0.2) is 0 Å². The number of ether oxygens (including phenoxy) is 2. The summed E-state index contributed by atoms with van der Waals surface area (Å²) >= 11 is 12.0. The first-order chi connectivity index (χ1) is 10.1. The molecule has 3 rings (SSSR count). The van der Waals surface area contributed by atoms with Crippen molar-refractivity contribution >= 4 is 28.9 Å². The number of hydrogen-bond donors (Lipinski definition) is 1. The van der Waals surface area contributed by atoms with Gasteiger partial charge >= 0.3 is 0 Å². The molecule has 1 spiro atoms. The summed E-state index contributed by atoms with van der Waals surface area (Å²) in [7, 11) is 0. The minimum Gasteiger partial charge on any atom is -0.488 e. The highest BCUT2D eigenvalue weighted by Crippen LogP contribution is 2.41. The van der Waals surface area contributed by atoms with Crippen LogP contribution in [-0.4, -0.2) is 18.3 Å². The van der Waals surface area contributed by atoms with E-state index in [0.29, 0.717) is 21.5 Å². The van der Waals surface area contributed by atoms with E-state index in [9.17, 15) is 0 Å². The lowest BCUT2D eigenvalue weighted by atomic mass is 9.79. The SMILES string of the molecule is Nc1cc(Cl)c(Cl)cc1OC1CCOC2(CCCCC2)C1. The van der Waals surface area contributed by atoms with Gasteiger partial charge in [0, 0.05) is 18.9 Å². The zero-order chi connectivity index (χ0) is 14.9. The van der Waals surface area contributed by atoms with Crippen molar-refractivity contribution in [2.45, 2.75) is 56.7 Å². The van der Waals surface area contributed by atoms with Crippen molar-refractivity contribution in [1.82, 2.24) is 0 Å². The summed E-state index contributed by atoms with van der Waals surface area (Å²) in [4.78, 5) is 0. The number of nitrogen functional groups attached to an aromatic ring is 1. The van der Waals surface area contributed by atoms with Crippen molar-refractivity contribution in [1.29, 1.82) is 0 Å². The van der Waals surface area contributed by atoms with E-state index < -0.39 is 0 Å². The van der Waals surface area contributed by atoms with Crippen molar-refractivity contribution in [2.24, 2.45) is 0 Å². The van der Waals surface area contributed by atoms with Crippen molar-refractivity contribution < 1.29 is 9.47 Å². The molecule has 1 saturated carbocycles. The highest BCUT2D eigenvalue weighted by atomic mass is 35.5. The molecule has 2 fully saturated rings. The maximum atomic E-state index is 6.10. The highest BCUT2D eigenvalue weighted by Gasteiger charge is 2.39. The molecule has 3 nitrogen and oxygen atoms in total. The molecular weight excluding hydrogens is 309 g/mol. The van der Waals surface area contributed by atoms with Crippen LogP contribution in [0.15, 0.2) is 12.1 Å². The number of anilines is 1. The Bertz CT molecular complexity index is 510. The Kier molecular flexibility index (Phi) is 4.53. The first kappa shape index (κ1) is 15.3. The van der Waals surface area contributed by atoms with Gasteiger partial charge in [-0.25, -0.2) is 0 Å². The third kappa shape index (κ3) is 3.41. The number of nitrogens with two attached hydrogens (primary N) is 1. The standard InChI is InChI=1S/C16H21Cl2NO2/c17-12-8-14(19)15(9-13(12)18)21-11-4-7-20-16(10-11)5-2-1-3-6-16/h8-9,11H,1-7,10,19H2. The first-order valence-corrected chi connectivity index (χ1v) is 8.39. The van der Waals surface area contributed by atoms with Gasteiger partial charge in [0.05, 0.1) is 27.9 Å². The zero-order valence-electron chi connectivity index (χ0n) is 12.0. The van der Waals surface area contributed by atoms with Crippen molar-refractivity contribution in [3.05, 3.63) is 22.2 Å². The molecule has 0 amide bonds. The van der Waals surface area contributed by atoms with Crippen LogP contribution in [0, 0.1) is 0 Å². The molecule has 0 aromatic heterocycles. The Morgan fingerprint density at radius 3 is 2.62 bits per heavy atom. The normalized spacial score (nSPS) is 25.0. The third-order valence-corrected chi connectivity index (χ3v) is 5.28. The van der Waals surface area contributed by atoms with Crippen LogP contribution in [0.3, 0.4) is 0 Å². The van der Waals surface area contributed by atoms with Gasteiger partial charge in [-0.15, -0.1) is 0 Å². The average Bonchev–Trinajstić information content (AvgIpc) is 2.46. The Hall–Kier alpha value is -0.640. The van der Waals surface area contributed by atoms with E-state index in [-0.39, 0.29) is 11.7 Å². The molecule has 1 atom stereocenters. The van der Waals surface area contributed by atoms with Crippen LogP contribution in [0.1, 0.15) is 44.9 Å². The lowest BCUT2D eigenvalue weighted by Gasteiger charge is -2.43. The molecule has 116 valence electrons. The maximum Gasteiger partial charge on any atom is 0.144 e. The van der Waals surface area contributed by atoms with Gasteiger partial charge < -0.3 is 15.2 Å². The van der Waals surface area contributed by atoms with Crippen LogP contribution in [-0.2, 0) is 4.74 Å². The van der Waals surface area contributed by atoms with E-state index in [1.165, 1.54) is 19.3 Å². The van der Waals surface area contributed by atoms with Crippen LogP contribution in [0.25, 0.3) is 0 Å². The predicted molar refractivity (Wildman–Crippen MR) is 86.3 cm³/mol. The van der Waals surface area contributed by atoms with Gasteiger partial charge in [-0.05, 0) is 18.9 Å². The average molecular weight is 330 g/mol. The van der Waals surface area contributed by atoms with Crippen LogP contribution < -0.4 is 10.5 Å². The molecular formula is C16H21Cl2NO2. The fourth-order valence-corrected chi connectivity index (χ4v) is 3.78. The zero-order valence-corrected chi connectivity index (χ0v) is 13.6. The number of halogens is 2. The van der Waals surface area contributed by atoms with Crippen molar-refractivity contribution in [3.63, 3.8) is 0 Å². The molecule has 2 N–H and O–H groups in total. The fourth-order valence-electron chi connectivity index (χ4n) is 3.45. The van der Waals surface area contributed by atoms with E-state index in [4.69, 9.17) is 38.4 Å².